The lowest BCUT2D eigenvalue weighted by Crippen LogP contribution is -2.37. The van der Waals surface area contributed by atoms with Crippen LogP contribution in [0.4, 0.5) is 5.69 Å². The predicted octanol–water partition coefficient (Wildman–Crippen LogP) is 0.529. The number of thiophene rings is 1. The highest BCUT2D eigenvalue weighted by Crippen LogP contribution is 2.29. The highest BCUT2D eigenvalue weighted by Gasteiger charge is 2.18. The Morgan fingerprint density at radius 2 is 2.05 bits per heavy atom. The van der Waals surface area contributed by atoms with E-state index in [1.165, 1.54) is 12.4 Å². The maximum absolute atomic E-state index is 12.0. The molecule has 20 heavy (non-hydrogen) atoms. The molecule has 0 saturated carbocycles. The summed E-state index contributed by atoms with van der Waals surface area (Å²) in [6.45, 7) is 2.47. The number of carbonyl (C=O) groups is 2. The number of nitrogens with zero attached hydrogens (tertiary/aromatic N) is 2. The minimum absolute atomic E-state index is 0.0760. The first-order valence-corrected chi connectivity index (χ1v) is 6.99. The van der Waals surface area contributed by atoms with Crippen molar-refractivity contribution >= 4 is 39.2 Å². The Morgan fingerprint density at radius 3 is 2.75 bits per heavy atom. The van der Waals surface area contributed by atoms with Crippen molar-refractivity contribution in [3.8, 4) is 0 Å². The molecule has 2 rings (SSSR count). The van der Waals surface area contributed by atoms with Crippen LogP contribution in [0, 0.1) is 0 Å². The van der Waals surface area contributed by atoms with Crippen molar-refractivity contribution in [3.05, 3.63) is 17.3 Å². The van der Waals surface area contributed by atoms with Gasteiger partial charge in [0.25, 0.3) is 5.91 Å². The van der Waals surface area contributed by atoms with Gasteiger partial charge in [-0.05, 0) is 6.42 Å². The Labute approximate surface area is 119 Å². The average molecular weight is 293 g/mol. The molecule has 0 aliphatic carbocycles. The van der Waals surface area contributed by atoms with E-state index < -0.39 is 0 Å². The van der Waals surface area contributed by atoms with E-state index in [-0.39, 0.29) is 18.4 Å². The van der Waals surface area contributed by atoms with Gasteiger partial charge in [-0.15, -0.1) is 11.3 Å². The van der Waals surface area contributed by atoms with Crippen LogP contribution in [-0.2, 0) is 4.79 Å². The summed E-state index contributed by atoms with van der Waals surface area (Å²) in [6, 6.07) is 0. The van der Waals surface area contributed by atoms with Crippen LogP contribution in [0.15, 0.2) is 12.4 Å². The molecule has 8 heteroatoms. The number of amides is 2. The van der Waals surface area contributed by atoms with Crippen molar-refractivity contribution in [1.29, 1.82) is 0 Å². The molecule has 0 spiro atoms. The molecule has 4 N–H and O–H groups in total. The summed E-state index contributed by atoms with van der Waals surface area (Å²) in [7, 11) is 0. The van der Waals surface area contributed by atoms with Gasteiger partial charge in [-0.2, -0.15) is 0 Å². The van der Waals surface area contributed by atoms with Gasteiger partial charge in [-0.25, -0.2) is 9.97 Å². The number of nitrogens with one attached hydrogen (secondary N) is 2. The van der Waals surface area contributed by atoms with Gasteiger partial charge in [-0.1, -0.05) is 6.92 Å². The van der Waals surface area contributed by atoms with Crippen LogP contribution in [0.3, 0.4) is 0 Å². The van der Waals surface area contributed by atoms with Crippen LogP contribution in [0.5, 0.6) is 0 Å². The lowest BCUT2D eigenvalue weighted by molar-refractivity contribution is -0.120. The quantitative estimate of drug-likeness (QED) is 0.745. The van der Waals surface area contributed by atoms with Crippen molar-refractivity contribution in [1.82, 2.24) is 20.6 Å². The normalized spacial score (nSPS) is 10.4. The molecule has 0 unspecified atom stereocenters. The summed E-state index contributed by atoms with van der Waals surface area (Å²) in [4.78, 5) is 32.5. The minimum Gasteiger partial charge on any atom is -0.396 e. The Hall–Kier alpha value is -2.22. The van der Waals surface area contributed by atoms with Crippen molar-refractivity contribution in [2.75, 3.05) is 18.8 Å². The third kappa shape index (κ3) is 3.02. The lowest BCUT2D eigenvalue weighted by Gasteiger charge is -2.05. The van der Waals surface area contributed by atoms with Crippen LogP contribution in [0.2, 0.25) is 0 Å². The van der Waals surface area contributed by atoms with Crippen LogP contribution in [0.25, 0.3) is 10.3 Å². The van der Waals surface area contributed by atoms with Crippen LogP contribution in [-0.4, -0.2) is 34.9 Å². The molecular formula is C12H15N5O2S. The molecule has 2 amide bonds. The van der Waals surface area contributed by atoms with E-state index in [1.54, 1.807) is 0 Å². The maximum Gasteiger partial charge on any atom is 0.264 e. The smallest absolute Gasteiger partial charge is 0.264 e. The molecular weight excluding hydrogens is 278 g/mol. The molecule has 106 valence electrons. The van der Waals surface area contributed by atoms with Gasteiger partial charge >= 0.3 is 0 Å². The predicted molar refractivity (Wildman–Crippen MR) is 77.5 cm³/mol. The zero-order chi connectivity index (χ0) is 14.5. The average Bonchev–Trinajstić information content (AvgIpc) is 2.80. The SMILES string of the molecule is CCCNC(=O)CNC(=O)c1sc2nccnc2c1N. The zero-order valence-corrected chi connectivity index (χ0v) is 11.8. The van der Waals surface area contributed by atoms with E-state index in [0.29, 0.717) is 27.5 Å². The van der Waals surface area contributed by atoms with Gasteiger partial charge < -0.3 is 16.4 Å². The first-order chi connectivity index (χ1) is 9.63. The van der Waals surface area contributed by atoms with Crippen LogP contribution < -0.4 is 16.4 Å². The molecule has 0 aromatic carbocycles. The van der Waals surface area contributed by atoms with Gasteiger partial charge in [0.1, 0.15) is 15.2 Å². The number of nitrogens with two attached hydrogens (primary N) is 1. The number of rotatable bonds is 5. The van der Waals surface area contributed by atoms with Gasteiger partial charge in [0.15, 0.2) is 0 Å². The molecule has 0 aliphatic heterocycles. The van der Waals surface area contributed by atoms with E-state index in [4.69, 9.17) is 5.73 Å². The van der Waals surface area contributed by atoms with E-state index in [1.807, 2.05) is 6.92 Å². The molecule has 0 atom stereocenters. The second-order valence-electron chi connectivity index (χ2n) is 4.09. The van der Waals surface area contributed by atoms with E-state index in [2.05, 4.69) is 20.6 Å². The topological polar surface area (TPSA) is 110 Å². The van der Waals surface area contributed by atoms with Crippen LogP contribution in [0.1, 0.15) is 23.0 Å². The number of aromatic nitrogens is 2. The third-order valence-corrected chi connectivity index (χ3v) is 3.65. The maximum atomic E-state index is 12.0. The molecule has 0 fully saturated rings. The Morgan fingerprint density at radius 1 is 1.30 bits per heavy atom. The van der Waals surface area contributed by atoms with Gasteiger partial charge in [0, 0.05) is 18.9 Å². The molecule has 2 aromatic rings. The van der Waals surface area contributed by atoms with Crippen molar-refractivity contribution in [2.45, 2.75) is 13.3 Å². The zero-order valence-electron chi connectivity index (χ0n) is 11.0. The second-order valence-corrected chi connectivity index (χ2v) is 5.09. The number of hydrogen-bond donors (Lipinski definition) is 3. The number of hydrogen-bond acceptors (Lipinski definition) is 6. The molecule has 0 saturated heterocycles. The summed E-state index contributed by atoms with van der Waals surface area (Å²) in [5, 5.41) is 5.21. The number of carbonyl (C=O) groups excluding carboxylic acids is 2. The first kappa shape index (κ1) is 14.2. The largest absolute Gasteiger partial charge is 0.396 e. The summed E-state index contributed by atoms with van der Waals surface area (Å²) in [5.74, 6) is -0.616. The summed E-state index contributed by atoms with van der Waals surface area (Å²) in [5.41, 5.74) is 6.68. The van der Waals surface area contributed by atoms with Gasteiger partial charge in [0.05, 0.1) is 12.2 Å². The Kier molecular flexibility index (Phi) is 4.46. The number of nitrogen functional groups attached to an aromatic ring is 1. The minimum atomic E-state index is -0.390. The van der Waals surface area contributed by atoms with Gasteiger partial charge in [0.2, 0.25) is 5.91 Å². The fourth-order valence-electron chi connectivity index (χ4n) is 1.58. The summed E-state index contributed by atoms with van der Waals surface area (Å²) in [6.07, 6.45) is 3.91. The highest BCUT2D eigenvalue weighted by molar-refractivity contribution is 7.21. The molecule has 2 heterocycles. The molecule has 7 nitrogen and oxygen atoms in total. The fraction of sp³-hybridized carbons (Fsp3) is 0.333. The van der Waals surface area contributed by atoms with Gasteiger partial charge in [-0.3, -0.25) is 9.59 Å². The van der Waals surface area contributed by atoms with Crippen molar-refractivity contribution in [2.24, 2.45) is 0 Å². The monoisotopic (exact) mass is 293 g/mol. The molecule has 0 aliphatic rings. The second kappa shape index (κ2) is 6.29. The van der Waals surface area contributed by atoms with Crippen molar-refractivity contribution in [3.63, 3.8) is 0 Å². The van der Waals surface area contributed by atoms with Crippen LogP contribution >= 0.6 is 11.3 Å². The molecule has 0 radical (unpaired) electrons. The van der Waals surface area contributed by atoms with E-state index in [9.17, 15) is 9.59 Å². The van der Waals surface area contributed by atoms with E-state index >= 15 is 0 Å². The molecule has 2 aromatic heterocycles. The number of fused-ring (bicyclic) bond motifs is 1. The Balaban J connectivity index is 2.04. The lowest BCUT2D eigenvalue weighted by atomic mass is 10.3. The van der Waals surface area contributed by atoms with E-state index in [0.717, 1.165) is 17.8 Å². The summed E-state index contributed by atoms with van der Waals surface area (Å²) < 4.78 is 0. The Bertz CT molecular complexity index is 640. The standard InChI is InChI=1S/C12H15N5O2S/c1-2-3-14-7(18)6-17-11(19)10-8(13)9-12(20-10)16-5-4-15-9/h4-5H,2-3,6,13H2,1H3,(H,14,18)(H,17,19). The fourth-order valence-corrected chi connectivity index (χ4v) is 2.52. The molecule has 0 bridgehead atoms. The van der Waals surface area contributed by atoms with Crippen molar-refractivity contribution < 1.29 is 9.59 Å². The summed E-state index contributed by atoms with van der Waals surface area (Å²) >= 11 is 1.16. The number of anilines is 1. The third-order valence-electron chi connectivity index (χ3n) is 2.55. The first-order valence-electron chi connectivity index (χ1n) is 6.17. The highest BCUT2D eigenvalue weighted by atomic mass is 32.1.